The van der Waals surface area contributed by atoms with Crippen LogP contribution in [0.4, 0.5) is 0 Å². The minimum atomic E-state index is 0.626. The molecule has 1 N–H and O–H groups in total. The van der Waals surface area contributed by atoms with Crippen LogP contribution in [-0.2, 0) is 0 Å². The van der Waals surface area contributed by atoms with E-state index in [0.29, 0.717) is 5.92 Å². The maximum atomic E-state index is 4.53. The number of hydrogen-bond acceptors (Lipinski definition) is 2. The quantitative estimate of drug-likeness (QED) is 0.827. The fourth-order valence-corrected chi connectivity index (χ4v) is 3.09. The number of benzene rings is 1. The first-order valence-electron chi connectivity index (χ1n) is 6.80. The van der Waals surface area contributed by atoms with Crippen LogP contribution < -0.4 is 5.32 Å². The molecule has 1 saturated heterocycles. The predicted octanol–water partition coefficient (Wildman–Crippen LogP) is 3.26. The lowest BCUT2D eigenvalue weighted by Crippen LogP contribution is -2.33. The molecule has 1 aromatic carbocycles. The molecule has 1 fully saturated rings. The van der Waals surface area contributed by atoms with Gasteiger partial charge in [-0.15, -0.1) is 0 Å². The fraction of sp³-hybridized carbons (Fsp3) is 0.438. The second-order valence-corrected chi connectivity index (χ2v) is 5.57. The van der Waals surface area contributed by atoms with Crippen molar-refractivity contribution in [3.8, 4) is 0 Å². The van der Waals surface area contributed by atoms with Gasteiger partial charge in [-0.25, -0.2) is 0 Å². The number of pyridine rings is 1. The summed E-state index contributed by atoms with van der Waals surface area (Å²) in [4.78, 5) is 4.53. The maximum Gasteiger partial charge on any atom is 0.0733 e. The van der Waals surface area contributed by atoms with Gasteiger partial charge in [-0.3, -0.25) is 4.98 Å². The van der Waals surface area contributed by atoms with Gasteiger partial charge in [0.15, 0.2) is 0 Å². The van der Waals surface area contributed by atoms with Crippen LogP contribution in [0.25, 0.3) is 10.9 Å². The van der Waals surface area contributed by atoms with Crippen LogP contribution in [0.2, 0.25) is 0 Å². The zero-order valence-electron chi connectivity index (χ0n) is 11.1. The molecule has 0 aliphatic carbocycles. The van der Waals surface area contributed by atoms with Crippen LogP contribution >= 0.6 is 0 Å². The van der Waals surface area contributed by atoms with Crippen molar-refractivity contribution in [2.24, 2.45) is 5.92 Å². The first-order chi connectivity index (χ1) is 8.75. The normalized spacial score (nSPS) is 24.3. The number of fused-ring (bicyclic) bond motifs is 1. The van der Waals surface area contributed by atoms with E-state index in [-0.39, 0.29) is 0 Å². The van der Waals surface area contributed by atoms with E-state index in [1.807, 2.05) is 12.3 Å². The topological polar surface area (TPSA) is 24.9 Å². The highest BCUT2D eigenvalue weighted by Gasteiger charge is 2.21. The number of hydrogen-bond donors (Lipinski definition) is 1. The Bertz CT molecular complexity index is 562. The molecule has 18 heavy (non-hydrogen) atoms. The second kappa shape index (κ2) is 4.69. The number of rotatable bonds is 1. The Morgan fingerprint density at radius 1 is 1.22 bits per heavy atom. The molecule has 0 amide bonds. The van der Waals surface area contributed by atoms with E-state index in [2.05, 4.69) is 42.3 Å². The van der Waals surface area contributed by atoms with Crippen LogP contribution in [0.5, 0.6) is 0 Å². The smallest absolute Gasteiger partial charge is 0.0733 e. The minimum absolute atomic E-state index is 0.626. The van der Waals surface area contributed by atoms with Crippen LogP contribution in [-0.4, -0.2) is 18.1 Å². The molecule has 3 rings (SSSR count). The average molecular weight is 240 g/mol. The molecule has 2 heterocycles. The lowest BCUT2D eigenvalue weighted by atomic mass is 9.84. The maximum absolute atomic E-state index is 4.53. The van der Waals surface area contributed by atoms with E-state index in [1.165, 1.54) is 22.9 Å². The van der Waals surface area contributed by atoms with Gasteiger partial charge >= 0.3 is 0 Å². The van der Waals surface area contributed by atoms with Crippen molar-refractivity contribution in [3.63, 3.8) is 0 Å². The highest BCUT2D eigenvalue weighted by atomic mass is 14.9. The Morgan fingerprint density at radius 2 is 2.11 bits per heavy atom. The number of nitrogens with one attached hydrogen (secondary N) is 1. The van der Waals surface area contributed by atoms with Crippen molar-refractivity contribution >= 4 is 10.9 Å². The van der Waals surface area contributed by atoms with Crippen LogP contribution in [0, 0.1) is 12.8 Å². The Morgan fingerprint density at radius 3 is 2.94 bits per heavy atom. The van der Waals surface area contributed by atoms with E-state index < -0.39 is 0 Å². The Hall–Kier alpha value is -1.41. The van der Waals surface area contributed by atoms with Crippen molar-refractivity contribution in [2.75, 3.05) is 13.1 Å². The number of aryl methyl sites for hydroxylation is 1. The minimum Gasteiger partial charge on any atom is -0.316 e. The molecule has 0 saturated carbocycles. The molecule has 2 aromatic rings. The Balaban J connectivity index is 2.09. The monoisotopic (exact) mass is 240 g/mol. The summed E-state index contributed by atoms with van der Waals surface area (Å²) in [5.74, 6) is 1.39. The van der Waals surface area contributed by atoms with Crippen molar-refractivity contribution in [2.45, 2.75) is 26.2 Å². The van der Waals surface area contributed by atoms with Crippen molar-refractivity contribution in [3.05, 3.63) is 41.6 Å². The van der Waals surface area contributed by atoms with Gasteiger partial charge in [0, 0.05) is 18.1 Å². The van der Waals surface area contributed by atoms with Gasteiger partial charge in [0.25, 0.3) is 0 Å². The summed E-state index contributed by atoms with van der Waals surface area (Å²) in [6, 6.07) is 8.77. The highest BCUT2D eigenvalue weighted by Crippen LogP contribution is 2.32. The van der Waals surface area contributed by atoms with Crippen LogP contribution in [0.15, 0.2) is 30.5 Å². The largest absolute Gasteiger partial charge is 0.316 e. The van der Waals surface area contributed by atoms with Crippen LogP contribution in [0.1, 0.15) is 30.4 Å². The lowest BCUT2D eigenvalue weighted by Gasteiger charge is -2.29. The first kappa shape index (κ1) is 11.7. The molecule has 2 atom stereocenters. The SMILES string of the molecule is Cc1ccc(C2CNC[C@H](C)C2)c2cccnc12. The first-order valence-corrected chi connectivity index (χ1v) is 6.80. The molecular formula is C16H20N2. The number of nitrogens with zero attached hydrogens (tertiary/aromatic N) is 1. The average Bonchev–Trinajstić information content (AvgIpc) is 2.39. The second-order valence-electron chi connectivity index (χ2n) is 5.57. The third-order valence-electron chi connectivity index (χ3n) is 4.02. The third-order valence-corrected chi connectivity index (χ3v) is 4.02. The molecule has 1 unspecified atom stereocenters. The molecule has 0 radical (unpaired) electrons. The van der Waals surface area contributed by atoms with E-state index >= 15 is 0 Å². The molecule has 94 valence electrons. The van der Waals surface area contributed by atoms with Gasteiger partial charge < -0.3 is 5.32 Å². The van der Waals surface area contributed by atoms with Gasteiger partial charge in [0.1, 0.15) is 0 Å². The van der Waals surface area contributed by atoms with Crippen LogP contribution in [0.3, 0.4) is 0 Å². The Labute approximate surface area is 108 Å². The molecule has 2 heteroatoms. The highest BCUT2D eigenvalue weighted by molar-refractivity contribution is 5.85. The summed E-state index contributed by atoms with van der Waals surface area (Å²) >= 11 is 0. The molecule has 0 bridgehead atoms. The van der Waals surface area contributed by atoms with Gasteiger partial charge in [0.05, 0.1) is 5.52 Å². The summed E-state index contributed by atoms with van der Waals surface area (Å²) in [6.45, 7) is 6.71. The molecule has 2 nitrogen and oxygen atoms in total. The van der Waals surface area contributed by atoms with Gasteiger partial charge in [0.2, 0.25) is 0 Å². The van der Waals surface area contributed by atoms with E-state index in [4.69, 9.17) is 0 Å². The van der Waals surface area contributed by atoms with Gasteiger partial charge in [-0.1, -0.05) is 25.1 Å². The fourth-order valence-electron chi connectivity index (χ4n) is 3.09. The summed E-state index contributed by atoms with van der Waals surface area (Å²) in [5.41, 5.74) is 3.89. The summed E-state index contributed by atoms with van der Waals surface area (Å²) < 4.78 is 0. The third kappa shape index (κ3) is 2.01. The molecule has 1 aliphatic rings. The van der Waals surface area contributed by atoms with Crippen molar-refractivity contribution < 1.29 is 0 Å². The zero-order chi connectivity index (χ0) is 12.5. The Kier molecular flexibility index (Phi) is 3.04. The van der Waals surface area contributed by atoms with Crippen molar-refractivity contribution in [1.29, 1.82) is 0 Å². The molecular weight excluding hydrogens is 220 g/mol. The lowest BCUT2D eigenvalue weighted by molar-refractivity contribution is 0.365. The summed E-state index contributed by atoms with van der Waals surface area (Å²) in [5, 5.41) is 4.87. The zero-order valence-corrected chi connectivity index (χ0v) is 11.1. The van der Waals surface area contributed by atoms with E-state index in [0.717, 1.165) is 24.5 Å². The summed E-state index contributed by atoms with van der Waals surface area (Å²) in [7, 11) is 0. The van der Waals surface area contributed by atoms with Gasteiger partial charge in [-0.2, -0.15) is 0 Å². The predicted molar refractivity (Wildman–Crippen MR) is 75.9 cm³/mol. The summed E-state index contributed by atoms with van der Waals surface area (Å²) in [6.07, 6.45) is 3.17. The molecule has 1 aliphatic heterocycles. The molecule has 1 aromatic heterocycles. The van der Waals surface area contributed by atoms with E-state index in [9.17, 15) is 0 Å². The van der Waals surface area contributed by atoms with E-state index in [1.54, 1.807) is 0 Å². The number of aromatic nitrogens is 1. The van der Waals surface area contributed by atoms with Crippen molar-refractivity contribution in [1.82, 2.24) is 10.3 Å². The molecule has 0 spiro atoms. The standard InChI is InChI=1S/C16H20N2/c1-11-8-13(10-17-9-11)14-6-5-12(2)16-15(14)4-3-7-18-16/h3-7,11,13,17H,8-10H2,1-2H3/t11-,13?/m1/s1. The van der Waals surface area contributed by atoms with Gasteiger partial charge in [-0.05, 0) is 48.9 Å². The number of piperidine rings is 1.